The molecule has 308 valence electrons. The number of hydrogen-bond donors (Lipinski definition) is 0. The van der Waals surface area contributed by atoms with Gasteiger partial charge < -0.3 is 13.8 Å². The highest BCUT2D eigenvalue weighted by molar-refractivity contribution is 7.25. The van der Waals surface area contributed by atoms with E-state index in [1.54, 1.807) is 0 Å². The third-order valence-corrected chi connectivity index (χ3v) is 16.4. The Labute approximate surface area is 377 Å². The fourth-order valence-corrected chi connectivity index (χ4v) is 13.0. The molecule has 1 aliphatic carbocycles. The van der Waals surface area contributed by atoms with E-state index >= 15 is 0 Å². The Morgan fingerprint density at radius 2 is 1.27 bits per heavy atom. The highest BCUT2D eigenvalue weighted by Gasteiger charge is 2.46. The highest BCUT2D eigenvalue weighted by Crippen LogP contribution is 2.53. The van der Waals surface area contributed by atoms with Crippen molar-refractivity contribution in [3.63, 3.8) is 0 Å². The maximum Gasteiger partial charge on any atom is 0.333 e. The maximum absolute atomic E-state index is 6.60. The van der Waals surface area contributed by atoms with Gasteiger partial charge in [-0.15, -0.1) is 11.3 Å². The quantitative estimate of drug-likeness (QED) is 0.154. The average molecular weight is 843 g/mol. The number of hydrogen-bond acceptors (Lipinski definition) is 3. The van der Waals surface area contributed by atoms with Crippen molar-refractivity contribution in [2.45, 2.75) is 71.6 Å². The van der Waals surface area contributed by atoms with Crippen molar-refractivity contribution in [3.05, 3.63) is 162 Å². The van der Waals surface area contributed by atoms with Gasteiger partial charge >= 0.3 is 6.85 Å². The van der Waals surface area contributed by atoms with Gasteiger partial charge in [0.15, 0.2) is 0 Å². The molecule has 0 radical (unpaired) electrons. The van der Waals surface area contributed by atoms with Crippen LogP contribution in [0.2, 0.25) is 0 Å². The van der Waals surface area contributed by atoms with Crippen molar-refractivity contribution in [1.29, 1.82) is 0 Å². The van der Waals surface area contributed by atoms with Crippen LogP contribution in [0.15, 0.2) is 144 Å². The number of rotatable bonds is 1. The summed E-state index contributed by atoms with van der Waals surface area (Å²) in [6.45, 7) is 18.6. The fraction of sp³-hybridized carbons (Fsp3) is 0.186. The van der Waals surface area contributed by atoms with Gasteiger partial charge in [-0.3, -0.25) is 0 Å². The van der Waals surface area contributed by atoms with Crippen LogP contribution in [0.25, 0.3) is 91.9 Å². The van der Waals surface area contributed by atoms with E-state index in [9.17, 15) is 0 Å². The predicted molar refractivity (Wildman–Crippen MR) is 275 cm³/mol. The molecule has 0 fully saturated rings. The second-order valence-electron chi connectivity index (χ2n) is 21.3. The van der Waals surface area contributed by atoms with Crippen LogP contribution in [0.5, 0.6) is 0 Å². The lowest BCUT2D eigenvalue weighted by molar-refractivity contribution is 0.590. The van der Waals surface area contributed by atoms with Gasteiger partial charge in [-0.1, -0.05) is 134 Å². The molecular formula is C59H47BN2OS. The van der Waals surface area contributed by atoms with Gasteiger partial charge in [-0.2, -0.15) is 0 Å². The molecule has 3 aromatic heterocycles. The summed E-state index contributed by atoms with van der Waals surface area (Å²) in [6.07, 6.45) is 0. The summed E-state index contributed by atoms with van der Waals surface area (Å²) >= 11 is 1.92. The summed E-state index contributed by atoms with van der Waals surface area (Å²) in [5.74, 6) is 0. The zero-order valence-corrected chi connectivity index (χ0v) is 38.4. The molecule has 5 heteroatoms. The van der Waals surface area contributed by atoms with E-state index < -0.39 is 0 Å². The van der Waals surface area contributed by atoms with Gasteiger partial charge in [0.05, 0.1) is 11.0 Å². The first kappa shape index (κ1) is 36.9. The van der Waals surface area contributed by atoms with Gasteiger partial charge in [0.1, 0.15) is 11.2 Å². The first-order valence-electron chi connectivity index (χ1n) is 22.9. The maximum atomic E-state index is 6.60. The van der Waals surface area contributed by atoms with Gasteiger partial charge in [-0.25, -0.2) is 0 Å². The number of para-hydroxylation sites is 1. The van der Waals surface area contributed by atoms with E-state index in [2.05, 4.69) is 204 Å². The molecule has 0 saturated heterocycles. The van der Waals surface area contributed by atoms with Crippen molar-refractivity contribution in [3.8, 4) is 27.9 Å². The zero-order valence-electron chi connectivity index (χ0n) is 37.6. The monoisotopic (exact) mass is 842 g/mol. The van der Waals surface area contributed by atoms with E-state index in [-0.39, 0.29) is 23.1 Å². The zero-order chi connectivity index (χ0) is 43.3. The van der Waals surface area contributed by atoms with Crippen molar-refractivity contribution >= 4 is 104 Å². The lowest BCUT2D eigenvalue weighted by Gasteiger charge is -2.42. The van der Waals surface area contributed by atoms with Crippen LogP contribution in [0, 0.1) is 0 Å². The van der Waals surface area contributed by atoms with Crippen LogP contribution < -0.4 is 15.7 Å². The minimum absolute atomic E-state index is 0.0376. The number of furan rings is 1. The Kier molecular flexibility index (Phi) is 6.89. The Bertz CT molecular complexity index is 3900. The van der Waals surface area contributed by atoms with Crippen LogP contribution >= 0.6 is 11.3 Å². The molecule has 14 rings (SSSR count). The lowest BCUT2D eigenvalue weighted by Crippen LogP contribution is -2.60. The van der Waals surface area contributed by atoms with E-state index in [4.69, 9.17) is 4.42 Å². The third kappa shape index (κ3) is 4.68. The molecule has 0 spiro atoms. The molecule has 64 heavy (non-hydrogen) atoms. The number of fused-ring (bicyclic) bond motifs is 17. The Hall–Kier alpha value is -6.56. The second kappa shape index (κ2) is 12.0. The smallest absolute Gasteiger partial charge is 0.333 e. The largest absolute Gasteiger partial charge is 0.456 e. The minimum atomic E-state index is -0.152. The average Bonchev–Trinajstić information content (AvgIpc) is 3.99. The second-order valence-corrected chi connectivity index (χ2v) is 22.4. The first-order chi connectivity index (χ1) is 30.7. The molecule has 2 aliphatic heterocycles. The SMILES string of the molecule is CC(C)(C)c1ccc(N2B3c4cc5c(cc4-n4c6cc7c(cc6c6ccc(c3c64)-c3cc4c(cc32)sc2ccc(C(C)(C)C)cc24)oc2ccccc27)C(C)(C)c2ccccc2-5)cc1. The van der Waals surface area contributed by atoms with E-state index in [0.717, 1.165) is 21.9 Å². The van der Waals surface area contributed by atoms with E-state index in [1.807, 2.05) is 11.3 Å². The molecule has 11 aromatic rings. The molecule has 5 heterocycles. The number of thiophene rings is 1. The third-order valence-electron chi connectivity index (χ3n) is 15.3. The van der Waals surface area contributed by atoms with Gasteiger partial charge in [0.25, 0.3) is 0 Å². The van der Waals surface area contributed by atoms with Crippen LogP contribution in [-0.4, -0.2) is 11.4 Å². The van der Waals surface area contributed by atoms with Crippen LogP contribution in [-0.2, 0) is 16.2 Å². The van der Waals surface area contributed by atoms with Crippen molar-refractivity contribution in [1.82, 2.24) is 4.57 Å². The van der Waals surface area contributed by atoms with Gasteiger partial charge in [-0.05, 0) is 121 Å². The van der Waals surface area contributed by atoms with Crippen LogP contribution in [0.4, 0.5) is 11.4 Å². The Balaban J connectivity index is 1.15. The van der Waals surface area contributed by atoms with Crippen molar-refractivity contribution in [2.24, 2.45) is 0 Å². The summed E-state index contributed by atoms with van der Waals surface area (Å²) in [5.41, 5.74) is 21.5. The molecule has 0 unspecified atom stereocenters. The summed E-state index contributed by atoms with van der Waals surface area (Å²) in [5, 5.41) is 7.47. The molecule has 0 bridgehead atoms. The number of nitrogens with zero attached hydrogens (tertiary/aromatic N) is 2. The molecule has 0 N–H and O–H groups in total. The predicted octanol–water partition coefficient (Wildman–Crippen LogP) is 15.2. The Morgan fingerprint density at radius 3 is 2.08 bits per heavy atom. The molecular weight excluding hydrogens is 796 g/mol. The van der Waals surface area contributed by atoms with Crippen LogP contribution in [0.3, 0.4) is 0 Å². The minimum Gasteiger partial charge on any atom is -0.456 e. The van der Waals surface area contributed by atoms with Gasteiger partial charge in [0.2, 0.25) is 0 Å². The highest BCUT2D eigenvalue weighted by atomic mass is 32.1. The number of benzene rings is 8. The summed E-state index contributed by atoms with van der Waals surface area (Å²) in [7, 11) is 0. The molecule has 3 aliphatic rings. The molecule has 3 nitrogen and oxygen atoms in total. The summed E-state index contributed by atoms with van der Waals surface area (Å²) in [4.78, 5) is 2.70. The topological polar surface area (TPSA) is 21.3 Å². The summed E-state index contributed by atoms with van der Waals surface area (Å²) in [6, 6.07) is 54.0. The van der Waals surface area contributed by atoms with E-state index in [1.165, 1.54) is 114 Å². The molecule has 0 saturated carbocycles. The van der Waals surface area contributed by atoms with E-state index in [0.29, 0.717) is 0 Å². The van der Waals surface area contributed by atoms with Crippen molar-refractivity contribution in [2.75, 3.05) is 4.81 Å². The van der Waals surface area contributed by atoms with Crippen LogP contribution in [0.1, 0.15) is 77.6 Å². The molecule has 8 aromatic carbocycles. The summed E-state index contributed by atoms with van der Waals surface area (Å²) < 4.78 is 11.9. The Morgan fingerprint density at radius 1 is 0.516 bits per heavy atom. The standard InChI is InChI=1S/C59H47BN2OS/c1-57(2,3)32-17-20-34(21-18-32)62-49-31-54-44(43-25-33(58(4,5)6)19-24-53(43)64-54)26-40(49)37-22-23-38-41-29-52-42(36-14-10-12-16-51(36)63-52)28-48(41)61-50-30-46-39(27-47(50)60(62)55(37)56(38)61)35-13-9-11-15-45(35)59(46,7)8/h9-31H,1-8H3. The molecule has 0 atom stereocenters. The molecule has 0 amide bonds. The number of anilines is 2. The fourth-order valence-electron chi connectivity index (χ4n) is 11.9. The van der Waals surface area contributed by atoms with Crippen molar-refractivity contribution < 1.29 is 4.42 Å². The van der Waals surface area contributed by atoms with Gasteiger partial charge in [0, 0.05) is 69.8 Å². The number of aromatic nitrogens is 1. The first-order valence-corrected chi connectivity index (χ1v) is 23.7. The lowest BCUT2D eigenvalue weighted by atomic mass is 9.43. The normalized spacial score (nSPS) is 14.9.